The molecule has 12 heteroatoms. The summed E-state index contributed by atoms with van der Waals surface area (Å²) in [6.45, 7) is 16.0. The number of halogens is 1. The number of carbonyl (C=O) groups excluding carboxylic acids is 1. The zero-order valence-corrected chi connectivity index (χ0v) is 26.3. The summed E-state index contributed by atoms with van der Waals surface area (Å²) in [6, 6.07) is 7.10. The lowest BCUT2D eigenvalue weighted by molar-refractivity contribution is 0.128. The summed E-state index contributed by atoms with van der Waals surface area (Å²) in [5.41, 5.74) is 1.78. The van der Waals surface area contributed by atoms with E-state index in [1.807, 2.05) is 34.0 Å². The first-order valence-electron chi connectivity index (χ1n) is 14.6. The van der Waals surface area contributed by atoms with Crippen molar-refractivity contribution in [3.8, 4) is 22.8 Å². The minimum atomic E-state index is -0.642. The monoisotopic (exact) mass is 601 g/mol. The number of pyridine rings is 1. The van der Waals surface area contributed by atoms with Gasteiger partial charge in [0.05, 0.1) is 23.8 Å². The number of piperazine rings is 1. The maximum absolute atomic E-state index is 15.1. The van der Waals surface area contributed by atoms with Crippen LogP contribution in [-0.2, 0) is 12.5 Å². The van der Waals surface area contributed by atoms with Gasteiger partial charge in [0.15, 0.2) is 5.82 Å². The van der Waals surface area contributed by atoms with Gasteiger partial charge in [-0.3, -0.25) is 14.6 Å². The van der Waals surface area contributed by atoms with Gasteiger partial charge in [0.25, 0.3) is 0 Å². The first kappa shape index (κ1) is 30.9. The Labute approximate surface area is 257 Å². The number of hydrogen-bond acceptors (Lipinski definition) is 8. The van der Waals surface area contributed by atoms with Crippen molar-refractivity contribution in [3.05, 3.63) is 66.8 Å². The second-order valence-corrected chi connectivity index (χ2v) is 12.9. The summed E-state index contributed by atoms with van der Waals surface area (Å²) in [5.74, 6) is 1.46. The molecule has 2 amide bonds. The molecule has 0 spiro atoms. The van der Waals surface area contributed by atoms with E-state index in [1.165, 1.54) is 12.1 Å². The van der Waals surface area contributed by atoms with Crippen LogP contribution >= 0.6 is 0 Å². The number of carbonyl (C=O) groups is 1. The Balaban J connectivity index is 1.28. The Morgan fingerprint density at radius 1 is 0.909 bits per heavy atom. The van der Waals surface area contributed by atoms with Crippen LogP contribution in [0.2, 0.25) is 0 Å². The van der Waals surface area contributed by atoms with Gasteiger partial charge in [-0.15, -0.1) is 0 Å². The fraction of sp³-hybridized carbons (Fsp3) is 0.406. The fourth-order valence-electron chi connectivity index (χ4n) is 4.91. The topological polar surface area (TPSA) is 113 Å². The summed E-state index contributed by atoms with van der Waals surface area (Å²) in [7, 11) is 1.83. The van der Waals surface area contributed by atoms with E-state index >= 15 is 4.39 Å². The van der Waals surface area contributed by atoms with Crippen molar-refractivity contribution in [1.82, 2.24) is 29.6 Å². The van der Waals surface area contributed by atoms with Crippen LogP contribution in [0.5, 0.6) is 11.5 Å². The van der Waals surface area contributed by atoms with Crippen LogP contribution in [0.4, 0.5) is 26.4 Å². The summed E-state index contributed by atoms with van der Waals surface area (Å²) in [5, 5.41) is 9.61. The summed E-state index contributed by atoms with van der Waals surface area (Å²) < 4.78 is 22.7. The average Bonchev–Trinajstić information content (AvgIpc) is 3.40. The molecule has 0 atom stereocenters. The van der Waals surface area contributed by atoms with Gasteiger partial charge in [-0.2, -0.15) is 5.10 Å². The Kier molecular flexibility index (Phi) is 8.55. The highest BCUT2D eigenvalue weighted by Gasteiger charge is 2.29. The number of nitrogens with zero attached hydrogens (tertiary/aromatic N) is 7. The average molecular weight is 602 g/mol. The van der Waals surface area contributed by atoms with E-state index in [0.717, 1.165) is 31.7 Å². The van der Waals surface area contributed by atoms with E-state index in [9.17, 15) is 4.79 Å². The first-order valence-corrected chi connectivity index (χ1v) is 14.6. The highest BCUT2D eigenvalue weighted by molar-refractivity contribution is 6.01. The van der Waals surface area contributed by atoms with Crippen LogP contribution in [0.25, 0.3) is 11.3 Å². The van der Waals surface area contributed by atoms with Crippen LogP contribution < -0.4 is 20.3 Å². The molecule has 4 heterocycles. The molecular formula is C32H40FN9O2. The van der Waals surface area contributed by atoms with E-state index in [2.05, 4.69) is 56.3 Å². The van der Waals surface area contributed by atoms with E-state index in [-0.39, 0.29) is 22.4 Å². The Morgan fingerprint density at radius 3 is 2.25 bits per heavy atom. The number of rotatable bonds is 6. The molecule has 1 aliphatic rings. The van der Waals surface area contributed by atoms with Crippen molar-refractivity contribution in [3.63, 3.8) is 0 Å². The van der Waals surface area contributed by atoms with E-state index < -0.39 is 11.8 Å². The molecule has 232 valence electrons. The van der Waals surface area contributed by atoms with E-state index in [0.29, 0.717) is 28.8 Å². The lowest BCUT2D eigenvalue weighted by atomic mass is 9.96. The third-order valence-electron chi connectivity index (χ3n) is 7.37. The number of benzene rings is 1. The van der Waals surface area contributed by atoms with Gasteiger partial charge in [0, 0.05) is 74.3 Å². The Hall–Kier alpha value is -4.58. The molecule has 11 nitrogen and oxygen atoms in total. The van der Waals surface area contributed by atoms with Gasteiger partial charge in [0.2, 0.25) is 0 Å². The van der Waals surface area contributed by atoms with Gasteiger partial charge in [0.1, 0.15) is 28.8 Å². The number of nitrogens with one attached hydrogen (secondary N) is 2. The number of ether oxygens (including phenoxy) is 1. The number of hydrogen-bond donors (Lipinski definition) is 2. The lowest BCUT2D eigenvalue weighted by Gasteiger charge is -2.43. The minimum absolute atomic E-state index is 0.00759. The molecule has 44 heavy (non-hydrogen) atoms. The standard InChI is InChI=1S/C32H40FN9O2/c1-31(2,3)29-35-19-27(28(39-29)41-12-14-42(15-13-41)32(4,5)6)38-30(43)37-25-9-8-22(16-24(25)33)44-23-10-11-34-26(17-23)21-18-36-40(7)20-21/h8-11,16-20H,12-15H2,1-7H3,(H2,37,38,43). The van der Waals surface area contributed by atoms with Crippen LogP contribution in [-0.4, -0.2) is 67.4 Å². The van der Waals surface area contributed by atoms with E-state index in [1.54, 1.807) is 41.5 Å². The SMILES string of the molecule is Cn1cc(-c2cc(Oc3ccc(NC(=O)Nc4cnc(C(C)(C)C)nc4N4CCN(C(C)(C)C)CC4)c(F)c3)ccn2)cn1. The first-order chi connectivity index (χ1) is 20.8. The number of urea groups is 1. The minimum Gasteiger partial charge on any atom is -0.457 e. The fourth-order valence-corrected chi connectivity index (χ4v) is 4.91. The number of aromatic nitrogens is 5. The molecule has 5 rings (SSSR count). The van der Waals surface area contributed by atoms with Gasteiger partial charge in [-0.1, -0.05) is 20.8 Å². The smallest absolute Gasteiger partial charge is 0.323 e. The molecule has 0 radical (unpaired) electrons. The number of aryl methyl sites for hydroxylation is 1. The molecule has 0 aliphatic carbocycles. The molecule has 1 aliphatic heterocycles. The van der Waals surface area contributed by atoms with Crippen molar-refractivity contribution >= 4 is 23.2 Å². The second-order valence-electron chi connectivity index (χ2n) is 12.9. The van der Waals surface area contributed by atoms with Crippen LogP contribution in [0.1, 0.15) is 47.4 Å². The highest BCUT2D eigenvalue weighted by Crippen LogP contribution is 2.31. The lowest BCUT2D eigenvalue weighted by Crippen LogP contribution is -2.53. The molecule has 0 unspecified atom stereocenters. The zero-order chi connectivity index (χ0) is 31.6. The molecular weight excluding hydrogens is 561 g/mol. The molecule has 0 saturated carbocycles. The highest BCUT2D eigenvalue weighted by atomic mass is 19.1. The van der Waals surface area contributed by atoms with Crippen molar-refractivity contribution in [2.45, 2.75) is 52.5 Å². The molecule has 2 N–H and O–H groups in total. The van der Waals surface area contributed by atoms with Gasteiger partial charge in [-0.25, -0.2) is 19.2 Å². The third-order valence-corrected chi connectivity index (χ3v) is 7.37. The maximum atomic E-state index is 15.1. The van der Waals surface area contributed by atoms with Crippen LogP contribution in [0, 0.1) is 5.82 Å². The van der Waals surface area contributed by atoms with Gasteiger partial charge >= 0.3 is 6.03 Å². The van der Waals surface area contributed by atoms with Crippen molar-refractivity contribution in [2.24, 2.45) is 7.05 Å². The molecule has 1 fully saturated rings. The largest absolute Gasteiger partial charge is 0.457 e. The molecule has 1 saturated heterocycles. The number of amides is 2. The molecule has 1 aromatic carbocycles. The molecule has 4 aromatic rings. The summed E-state index contributed by atoms with van der Waals surface area (Å²) in [4.78, 5) is 31.4. The summed E-state index contributed by atoms with van der Waals surface area (Å²) >= 11 is 0. The van der Waals surface area contributed by atoms with Gasteiger partial charge < -0.3 is 20.3 Å². The van der Waals surface area contributed by atoms with Crippen molar-refractivity contribution in [1.29, 1.82) is 0 Å². The maximum Gasteiger partial charge on any atom is 0.323 e. The predicted octanol–water partition coefficient (Wildman–Crippen LogP) is 6.07. The van der Waals surface area contributed by atoms with Crippen molar-refractivity contribution in [2.75, 3.05) is 41.7 Å². The predicted molar refractivity (Wildman–Crippen MR) is 170 cm³/mol. The quantitative estimate of drug-likeness (QED) is 0.274. The van der Waals surface area contributed by atoms with Crippen molar-refractivity contribution < 1.29 is 13.9 Å². The molecule has 0 bridgehead atoms. The molecule has 3 aromatic heterocycles. The number of anilines is 3. The van der Waals surface area contributed by atoms with Crippen LogP contribution in [0.3, 0.4) is 0 Å². The van der Waals surface area contributed by atoms with E-state index in [4.69, 9.17) is 9.72 Å². The second kappa shape index (κ2) is 12.2. The van der Waals surface area contributed by atoms with Gasteiger partial charge in [-0.05, 0) is 39.0 Å². The Morgan fingerprint density at radius 2 is 1.61 bits per heavy atom. The summed E-state index contributed by atoms with van der Waals surface area (Å²) in [6.07, 6.45) is 6.79. The zero-order valence-electron chi connectivity index (χ0n) is 26.3. The Bertz CT molecular complexity index is 1630. The van der Waals surface area contributed by atoms with Crippen LogP contribution in [0.15, 0.2) is 55.1 Å². The normalized spacial score (nSPS) is 14.4. The third kappa shape index (κ3) is 7.31.